The average molecular weight is 245 g/mol. The Morgan fingerprint density at radius 3 is 2.83 bits per heavy atom. The number of carboxylic acid groups (broad SMARTS) is 1. The average Bonchev–Trinajstić information content (AvgIpc) is 2.82. The van der Waals surface area contributed by atoms with Crippen LogP contribution >= 0.6 is 0 Å². The van der Waals surface area contributed by atoms with Crippen LogP contribution in [0.4, 0.5) is 5.69 Å². The molecular formula is C15H19NO2. The van der Waals surface area contributed by atoms with E-state index in [1.54, 1.807) is 0 Å². The first kappa shape index (κ1) is 11.6. The SMILES string of the molecule is O=C(O)C1CCCCC1N1CCc2ccccc21. The summed E-state index contributed by atoms with van der Waals surface area (Å²) in [7, 11) is 0. The molecule has 2 atom stereocenters. The van der Waals surface area contributed by atoms with Crippen LogP contribution in [0, 0.1) is 5.92 Å². The number of benzene rings is 1. The number of hydrogen-bond acceptors (Lipinski definition) is 2. The highest BCUT2D eigenvalue weighted by Gasteiger charge is 2.37. The third-order valence-electron chi connectivity index (χ3n) is 4.37. The van der Waals surface area contributed by atoms with Gasteiger partial charge < -0.3 is 10.0 Å². The summed E-state index contributed by atoms with van der Waals surface area (Å²) in [5.74, 6) is -0.811. The van der Waals surface area contributed by atoms with Crippen molar-refractivity contribution in [1.29, 1.82) is 0 Å². The van der Waals surface area contributed by atoms with Crippen LogP contribution in [0.15, 0.2) is 24.3 Å². The van der Waals surface area contributed by atoms with Gasteiger partial charge in [-0.15, -0.1) is 0 Å². The minimum Gasteiger partial charge on any atom is -0.481 e. The van der Waals surface area contributed by atoms with Gasteiger partial charge in [-0.25, -0.2) is 0 Å². The van der Waals surface area contributed by atoms with Crippen molar-refractivity contribution in [2.24, 2.45) is 5.92 Å². The van der Waals surface area contributed by atoms with E-state index in [9.17, 15) is 9.90 Å². The maximum absolute atomic E-state index is 11.4. The Balaban J connectivity index is 1.88. The van der Waals surface area contributed by atoms with Crippen LogP contribution in [0.5, 0.6) is 0 Å². The first-order valence-electron chi connectivity index (χ1n) is 6.85. The van der Waals surface area contributed by atoms with Crippen LogP contribution in [0.25, 0.3) is 0 Å². The highest BCUT2D eigenvalue weighted by molar-refractivity contribution is 5.72. The fourth-order valence-corrected chi connectivity index (χ4v) is 3.48. The first-order chi connectivity index (χ1) is 8.77. The van der Waals surface area contributed by atoms with Crippen LogP contribution in [0.3, 0.4) is 0 Å². The summed E-state index contributed by atoms with van der Waals surface area (Å²) >= 11 is 0. The molecule has 3 rings (SSSR count). The molecule has 2 aliphatic rings. The maximum Gasteiger partial charge on any atom is 0.308 e. The van der Waals surface area contributed by atoms with Gasteiger partial charge in [-0.05, 0) is 30.9 Å². The second-order valence-corrected chi connectivity index (χ2v) is 5.37. The number of carboxylic acids is 1. The molecule has 1 fully saturated rings. The van der Waals surface area contributed by atoms with Crippen molar-refractivity contribution in [3.63, 3.8) is 0 Å². The number of anilines is 1. The number of para-hydroxylation sites is 1. The van der Waals surface area contributed by atoms with Crippen molar-refractivity contribution in [3.8, 4) is 0 Å². The van der Waals surface area contributed by atoms with Crippen molar-refractivity contribution in [2.45, 2.75) is 38.1 Å². The van der Waals surface area contributed by atoms with E-state index in [2.05, 4.69) is 29.2 Å². The molecule has 0 amide bonds. The Morgan fingerprint density at radius 1 is 1.22 bits per heavy atom. The van der Waals surface area contributed by atoms with E-state index in [0.717, 1.165) is 38.6 Å². The van der Waals surface area contributed by atoms with E-state index >= 15 is 0 Å². The van der Waals surface area contributed by atoms with Gasteiger partial charge in [0.1, 0.15) is 0 Å². The van der Waals surface area contributed by atoms with E-state index in [1.165, 1.54) is 11.3 Å². The standard InChI is InChI=1S/C15H19NO2/c17-15(18)12-6-2-4-8-14(12)16-10-9-11-5-1-3-7-13(11)16/h1,3,5,7,12,14H,2,4,6,8-10H2,(H,17,18). The number of rotatable bonds is 2. The Bertz CT molecular complexity index is 458. The largest absolute Gasteiger partial charge is 0.481 e. The highest BCUT2D eigenvalue weighted by Crippen LogP contribution is 2.36. The summed E-state index contributed by atoms with van der Waals surface area (Å²) in [5, 5.41) is 9.39. The molecule has 1 saturated carbocycles. The predicted molar refractivity (Wildman–Crippen MR) is 70.9 cm³/mol. The topological polar surface area (TPSA) is 40.5 Å². The fourth-order valence-electron chi connectivity index (χ4n) is 3.48. The minimum absolute atomic E-state index is 0.190. The van der Waals surface area contributed by atoms with Gasteiger partial charge in [-0.1, -0.05) is 31.0 Å². The summed E-state index contributed by atoms with van der Waals surface area (Å²) in [5.41, 5.74) is 2.63. The van der Waals surface area contributed by atoms with Crippen molar-refractivity contribution >= 4 is 11.7 Å². The quantitative estimate of drug-likeness (QED) is 0.871. The normalized spacial score (nSPS) is 27.0. The molecular weight excluding hydrogens is 226 g/mol. The van der Waals surface area contributed by atoms with E-state index in [0.29, 0.717) is 0 Å². The Hall–Kier alpha value is -1.51. The summed E-state index contributed by atoms with van der Waals surface area (Å²) in [6, 6.07) is 8.61. The Morgan fingerprint density at radius 2 is 2.00 bits per heavy atom. The van der Waals surface area contributed by atoms with Crippen LogP contribution in [-0.2, 0) is 11.2 Å². The molecule has 1 heterocycles. The van der Waals surface area contributed by atoms with Gasteiger partial charge in [0.15, 0.2) is 0 Å². The van der Waals surface area contributed by atoms with Crippen LogP contribution in [0.1, 0.15) is 31.2 Å². The molecule has 1 aliphatic carbocycles. The van der Waals surface area contributed by atoms with E-state index in [4.69, 9.17) is 0 Å². The van der Waals surface area contributed by atoms with Gasteiger partial charge in [-0.3, -0.25) is 4.79 Å². The summed E-state index contributed by atoms with van der Waals surface area (Å²) < 4.78 is 0. The van der Waals surface area contributed by atoms with Crippen LogP contribution in [0.2, 0.25) is 0 Å². The number of hydrogen-bond donors (Lipinski definition) is 1. The van der Waals surface area contributed by atoms with Crippen molar-refractivity contribution in [2.75, 3.05) is 11.4 Å². The monoisotopic (exact) mass is 245 g/mol. The summed E-state index contributed by atoms with van der Waals surface area (Å²) in [6.07, 6.45) is 5.12. The Labute approximate surface area is 107 Å². The summed E-state index contributed by atoms with van der Waals surface area (Å²) in [4.78, 5) is 13.7. The van der Waals surface area contributed by atoms with Crippen molar-refractivity contribution in [3.05, 3.63) is 29.8 Å². The second-order valence-electron chi connectivity index (χ2n) is 5.37. The lowest BCUT2D eigenvalue weighted by molar-refractivity contribution is -0.143. The second kappa shape index (κ2) is 4.63. The van der Waals surface area contributed by atoms with Gasteiger partial charge in [0.2, 0.25) is 0 Å². The van der Waals surface area contributed by atoms with Gasteiger partial charge in [0, 0.05) is 18.3 Å². The van der Waals surface area contributed by atoms with Crippen LogP contribution < -0.4 is 4.90 Å². The molecule has 3 heteroatoms. The third kappa shape index (κ3) is 1.88. The lowest BCUT2D eigenvalue weighted by atomic mass is 9.83. The first-order valence-corrected chi connectivity index (χ1v) is 6.85. The number of aliphatic carboxylic acids is 1. The Kier molecular flexibility index (Phi) is 2.98. The molecule has 0 bridgehead atoms. The van der Waals surface area contributed by atoms with Crippen molar-refractivity contribution in [1.82, 2.24) is 0 Å². The van der Waals surface area contributed by atoms with Crippen molar-refractivity contribution < 1.29 is 9.90 Å². The molecule has 0 radical (unpaired) electrons. The number of fused-ring (bicyclic) bond motifs is 1. The van der Waals surface area contributed by atoms with E-state index < -0.39 is 5.97 Å². The van der Waals surface area contributed by atoms with Crippen LogP contribution in [-0.4, -0.2) is 23.7 Å². The molecule has 18 heavy (non-hydrogen) atoms. The molecule has 1 N–H and O–H groups in total. The smallest absolute Gasteiger partial charge is 0.308 e. The number of carbonyl (C=O) groups is 1. The lowest BCUT2D eigenvalue weighted by Gasteiger charge is -2.37. The molecule has 96 valence electrons. The molecule has 0 spiro atoms. The molecule has 1 aromatic carbocycles. The summed E-state index contributed by atoms with van der Waals surface area (Å²) in [6.45, 7) is 0.980. The lowest BCUT2D eigenvalue weighted by Crippen LogP contribution is -2.44. The van der Waals surface area contributed by atoms with E-state index in [-0.39, 0.29) is 12.0 Å². The molecule has 0 saturated heterocycles. The zero-order valence-electron chi connectivity index (χ0n) is 10.5. The minimum atomic E-state index is -0.621. The molecule has 0 aromatic heterocycles. The third-order valence-corrected chi connectivity index (χ3v) is 4.37. The zero-order chi connectivity index (χ0) is 12.5. The van der Waals surface area contributed by atoms with E-state index in [1.807, 2.05) is 0 Å². The zero-order valence-corrected chi connectivity index (χ0v) is 10.5. The number of nitrogens with zero attached hydrogens (tertiary/aromatic N) is 1. The van der Waals surface area contributed by atoms with Gasteiger partial charge >= 0.3 is 5.97 Å². The molecule has 1 aromatic rings. The van der Waals surface area contributed by atoms with Gasteiger partial charge in [0.25, 0.3) is 0 Å². The molecule has 2 unspecified atom stereocenters. The maximum atomic E-state index is 11.4. The molecule has 3 nitrogen and oxygen atoms in total. The van der Waals surface area contributed by atoms with Gasteiger partial charge in [0.05, 0.1) is 5.92 Å². The van der Waals surface area contributed by atoms with Gasteiger partial charge in [-0.2, -0.15) is 0 Å². The molecule has 1 aliphatic heterocycles. The predicted octanol–water partition coefficient (Wildman–Crippen LogP) is 2.69. The fraction of sp³-hybridized carbons (Fsp3) is 0.533. The highest BCUT2D eigenvalue weighted by atomic mass is 16.4.